The fraction of sp³-hybridized carbons (Fsp3) is 0.286. The molecular weight excluding hydrogens is 476 g/mol. The number of ether oxygens (including phenoxy) is 5. The van der Waals surface area contributed by atoms with E-state index in [9.17, 15) is 9.59 Å². The minimum absolute atomic E-state index is 0.00675. The number of carbonyl (C=O) groups excluding carboxylic acids is 2. The normalized spacial score (nSPS) is 14.6. The van der Waals surface area contributed by atoms with Crippen molar-refractivity contribution < 1.29 is 33.3 Å². The molecular formula is C28H28N2O7. The molecule has 3 aromatic carbocycles. The minimum Gasteiger partial charge on any atom is -0.493 e. The Morgan fingerprint density at radius 1 is 0.946 bits per heavy atom. The number of amides is 2. The molecule has 2 amide bonds. The smallest absolute Gasteiger partial charge is 0.255 e. The first-order valence-corrected chi connectivity index (χ1v) is 11.9. The van der Waals surface area contributed by atoms with Gasteiger partial charge in [-0.1, -0.05) is 18.2 Å². The van der Waals surface area contributed by atoms with Gasteiger partial charge in [-0.05, 0) is 41.5 Å². The average Bonchev–Trinajstić information content (AvgIpc) is 3.26. The lowest BCUT2D eigenvalue weighted by Crippen LogP contribution is -2.32. The lowest BCUT2D eigenvalue weighted by molar-refractivity contribution is -0.117. The molecule has 0 radical (unpaired) electrons. The van der Waals surface area contributed by atoms with E-state index in [1.165, 1.54) is 21.3 Å². The molecule has 37 heavy (non-hydrogen) atoms. The van der Waals surface area contributed by atoms with Crippen molar-refractivity contribution in [1.82, 2.24) is 4.90 Å². The largest absolute Gasteiger partial charge is 0.493 e. The Labute approximate surface area is 214 Å². The fourth-order valence-corrected chi connectivity index (χ4v) is 4.74. The van der Waals surface area contributed by atoms with Crippen LogP contribution in [0.5, 0.6) is 28.7 Å². The van der Waals surface area contributed by atoms with Crippen LogP contribution < -0.4 is 29.0 Å². The highest BCUT2D eigenvalue weighted by atomic mass is 16.6. The molecule has 1 unspecified atom stereocenters. The van der Waals surface area contributed by atoms with Crippen molar-refractivity contribution in [3.63, 3.8) is 0 Å². The zero-order chi connectivity index (χ0) is 25.9. The zero-order valence-corrected chi connectivity index (χ0v) is 20.9. The van der Waals surface area contributed by atoms with Crippen molar-refractivity contribution in [2.75, 3.05) is 39.9 Å². The van der Waals surface area contributed by atoms with Crippen molar-refractivity contribution in [1.29, 1.82) is 0 Å². The summed E-state index contributed by atoms with van der Waals surface area (Å²) >= 11 is 0. The molecule has 1 N–H and O–H groups in total. The van der Waals surface area contributed by atoms with Crippen LogP contribution in [0.1, 0.15) is 33.9 Å². The van der Waals surface area contributed by atoms with Crippen molar-refractivity contribution in [2.45, 2.75) is 19.0 Å². The number of hydrogen-bond donors (Lipinski definition) is 1. The van der Waals surface area contributed by atoms with Crippen molar-refractivity contribution in [3.8, 4) is 28.7 Å². The maximum absolute atomic E-state index is 13.4. The van der Waals surface area contributed by atoms with Crippen LogP contribution >= 0.6 is 0 Å². The molecule has 192 valence electrons. The molecule has 9 heteroatoms. The Morgan fingerprint density at radius 2 is 1.65 bits per heavy atom. The van der Waals surface area contributed by atoms with Gasteiger partial charge in [-0.2, -0.15) is 0 Å². The lowest BCUT2D eigenvalue weighted by atomic mass is 10.00. The van der Waals surface area contributed by atoms with Gasteiger partial charge in [0, 0.05) is 23.9 Å². The Morgan fingerprint density at radius 3 is 2.32 bits per heavy atom. The molecule has 0 bridgehead atoms. The summed E-state index contributed by atoms with van der Waals surface area (Å²) in [5, 5.41) is 2.93. The summed E-state index contributed by atoms with van der Waals surface area (Å²) in [5.41, 5.74) is 2.81. The number of anilines is 1. The minimum atomic E-state index is -0.592. The Balaban J connectivity index is 1.47. The van der Waals surface area contributed by atoms with Gasteiger partial charge >= 0.3 is 0 Å². The standard InChI is InChI=1S/C28H28N2O7/c1-33-24-12-18(13-25(34-2)27(24)35-3)21(30-16-17-6-4-5-7-20(17)28(30)32)15-26(31)29-19-8-9-22-23(14-19)37-11-10-36-22/h4-9,12-14,21H,10-11,15-16H2,1-3H3,(H,29,31). The summed E-state index contributed by atoms with van der Waals surface area (Å²) in [6.07, 6.45) is 0.00675. The highest BCUT2D eigenvalue weighted by molar-refractivity contribution is 5.99. The maximum atomic E-state index is 13.4. The number of benzene rings is 3. The topological polar surface area (TPSA) is 95.6 Å². The number of carbonyl (C=O) groups is 2. The van der Waals surface area contributed by atoms with Gasteiger partial charge in [0.2, 0.25) is 11.7 Å². The summed E-state index contributed by atoms with van der Waals surface area (Å²) in [7, 11) is 4.59. The van der Waals surface area contributed by atoms with E-state index in [1.54, 1.807) is 41.3 Å². The van der Waals surface area contributed by atoms with Crippen molar-refractivity contribution >= 4 is 17.5 Å². The fourth-order valence-electron chi connectivity index (χ4n) is 4.74. The Kier molecular flexibility index (Phi) is 6.76. The van der Waals surface area contributed by atoms with E-state index in [-0.39, 0.29) is 18.2 Å². The van der Waals surface area contributed by atoms with E-state index in [0.29, 0.717) is 65.3 Å². The summed E-state index contributed by atoms with van der Waals surface area (Å²) in [4.78, 5) is 28.4. The van der Waals surface area contributed by atoms with Crippen LogP contribution in [0.4, 0.5) is 5.69 Å². The molecule has 0 saturated heterocycles. The first-order valence-electron chi connectivity index (χ1n) is 11.9. The van der Waals surface area contributed by atoms with Gasteiger partial charge in [0.25, 0.3) is 5.91 Å². The predicted molar refractivity (Wildman–Crippen MR) is 136 cm³/mol. The second-order valence-corrected chi connectivity index (χ2v) is 8.68. The highest BCUT2D eigenvalue weighted by Crippen LogP contribution is 2.43. The third-order valence-electron chi connectivity index (χ3n) is 6.50. The van der Waals surface area contributed by atoms with Crippen LogP contribution in [0.15, 0.2) is 54.6 Å². The van der Waals surface area contributed by atoms with Crippen LogP contribution in [-0.4, -0.2) is 51.3 Å². The van der Waals surface area contributed by atoms with E-state index >= 15 is 0 Å². The Bertz CT molecular complexity index is 1310. The summed E-state index contributed by atoms with van der Waals surface area (Å²) in [5.74, 6) is 2.14. The third kappa shape index (κ3) is 4.72. The molecule has 0 fully saturated rings. The Hall–Kier alpha value is -4.40. The van der Waals surface area contributed by atoms with Gasteiger partial charge in [-0.15, -0.1) is 0 Å². The molecule has 0 aromatic heterocycles. The van der Waals surface area contributed by atoms with Crippen molar-refractivity contribution in [3.05, 3.63) is 71.3 Å². The predicted octanol–water partition coefficient (Wildman–Crippen LogP) is 4.21. The summed E-state index contributed by atoms with van der Waals surface area (Å²) in [6, 6.07) is 15.7. The van der Waals surface area contributed by atoms with E-state index < -0.39 is 6.04 Å². The number of nitrogens with zero attached hydrogens (tertiary/aromatic N) is 1. The monoisotopic (exact) mass is 504 g/mol. The SMILES string of the molecule is COc1cc(C(CC(=O)Nc2ccc3c(c2)OCCO3)N2Cc3ccccc3C2=O)cc(OC)c1OC. The number of nitrogens with one attached hydrogen (secondary N) is 1. The molecule has 2 aliphatic heterocycles. The average molecular weight is 505 g/mol. The molecule has 2 aliphatic rings. The van der Waals surface area contributed by atoms with Gasteiger partial charge in [-0.25, -0.2) is 0 Å². The first kappa shape index (κ1) is 24.3. The molecule has 0 saturated carbocycles. The molecule has 9 nitrogen and oxygen atoms in total. The van der Waals surface area contributed by atoms with Gasteiger partial charge < -0.3 is 33.9 Å². The van der Waals surface area contributed by atoms with Crippen LogP contribution in [-0.2, 0) is 11.3 Å². The van der Waals surface area contributed by atoms with Crippen LogP contribution in [0, 0.1) is 0 Å². The number of methoxy groups -OCH3 is 3. The zero-order valence-electron chi connectivity index (χ0n) is 20.9. The third-order valence-corrected chi connectivity index (χ3v) is 6.50. The van der Waals surface area contributed by atoms with Crippen LogP contribution in [0.3, 0.4) is 0 Å². The van der Waals surface area contributed by atoms with E-state index in [1.807, 2.05) is 18.2 Å². The van der Waals surface area contributed by atoms with Gasteiger partial charge in [0.05, 0.1) is 33.8 Å². The molecule has 5 rings (SSSR count). The van der Waals surface area contributed by atoms with E-state index in [4.69, 9.17) is 23.7 Å². The summed E-state index contributed by atoms with van der Waals surface area (Å²) in [6.45, 7) is 1.32. The summed E-state index contributed by atoms with van der Waals surface area (Å²) < 4.78 is 27.7. The number of hydrogen-bond acceptors (Lipinski definition) is 7. The molecule has 3 aromatic rings. The molecule has 0 aliphatic carbocycles. The molecule has 2 heterocycles. The first-order chi connectivity index (χ1) is 18.0. The van der Waals surface area contributed by atoms with Crippen LogP contribution in [0.2, 0.25) is 0 Å². The van der Waals surface area contributed by atoms with E-state index in [0.717, 1.165) is 5.56 Å². The van der Waals surface area contributed by atoms with E-state index in [2.05, 4.69) is 5.32 Å². The number of rotatable bonds is 8. The van der Waals surface area contributed by atoms with Gasteiger partial charge in [0.1, 0.15) is 13.2 Å². The lowest BCUT2D eigenvalue weighted by Gasteiger charge is -2.29. The molecule has 0 spiro atoms. The van der Waals surface area contributed by atoms with Crippen molar-refractivity contribution in [2.24, 2.45) is 0 Å². The highest BCUT2D eigenvalue weighted by Gasteiger charge is 2.35. The molecule has 1 atom stereocenters. The van der Waals surface area contributed by atoms with Crippen LogP contribution in [0.25, 0.3) is 0 Å². The maximum Gasteiger partial charge on any atom is 0.255 e. The second kappa shape index (κ2) is 10.3. The number of fused-ring (bicyclic) bond motifs is 2. The quantitative estimate of drug-likeness (QED) is 0.491. The van der Waals surface area contributed by atoms with Gasteiger partial charge in [0.15, 0.2) is 23.0 Å². The van der Waals surface area contributed by atoms with Gasteiger partial charge in [-0.3, -0.25) is 9.59 Å². The second-order valence-electron chi connectivity index (χ2n) is 8.68.